The van der Waals surface area contributed by atoms with Crippen molar-refractivity contribution in [3.63, 3.8) is 0 Å². The summed E-state index contributed by atoms with van der Waals surface area (Å²) in [6.07, 6.45) is 0.834. The van der Waals surface area contributed by atoms with Crippen LogP contribution in [0.2, 0.25) is 0 Å². The van der Waals surface area contributed by atoms with Gasteiger partial charge in [0.05, 0.1) is 5.69 Å². The second-order valence-electron chi connectivity index (χ2n) is 8.54. The van der Waals surface area contributed by atoms with E-state index in [1.165, 1.54) is 5.56 Å². The normalized spacial score (nSPS) is 14.4. The lowest BCUT2D eigenvalue weighted by Crippen LogP contribution is -2.48. The van der Waals surface area contributed by atoms with Gasteiger partial charge in [-0.25, -0.2) is 4.98 Å². The number of rotatable bonds is 7. The topological polar surface area (TPSA) is 75.4 Å². The van der Waals surface area contributed by atoms with Crippen molar-refractivity contribution in [2.24, 2.45) is 0 Å². The predicted octanol–water partition coefficient (Wildman–Crippen LogP) is 4.45. The number of aromatic nitrogens is 3. The summed E-state index contributed by atoms with van der Waals surface area (Å²) in [4.78, 5) is 26.3. The number of piperazine rings is 1. The van der Waals surface area contributed by atoms with E-state index in [2.05, 4.69) is 32.6 Å². The first kappa shape index (κ1) is 22.4. The zero-order chi connectivity index (χ0) is 23.3. The van der Waals surface area contributed by atoms with Gasteiger partial charge in [0, 0.05) is 62.1 Å². The van der Waals surface area contributed by atoms with Crippen molar-refractivity contribution in [3.8, 4) is 22.0 Å². The van der Waals surface area contributed by atoms with Gasteiger partial charge in [-0.05, 0) is 6.92 Å². The second kappa shape index (κ2) is 10.3. The molecule has 0 aliphatic carbocycles. The maximum Gasteiger partial charge on any atom is 0.227 e. The molecule has 174 valence electrons. The molecule has 3 heterocycles. The Morgan fingerprint density at radius 2 is 1.74 bits per heavy atom. The third-order valence-electron chi connectivity index (χ3n) is 6.01. The highest BCUT2D eigenvalue weighted by atomic mass is 32.1. The van der Waals surface area contributed by atoms with E-state index in [0.717, 1.165) is 54.6 Å². The Balaban J connectivity index is 1.08. The van der Waals surface area contributed by atoms with Crippen LogP contribution in [0.5, 0.6) is 0 Å². The van der Waals surface area contributed by atoms with Crippen LogP contribution in [0.3, 0.4) is 0 Å². The van der Waals surface area contributed by atoms with Gasteiger partial charge in [0.1, 0.15) is 5.01 Å². The molecule has 0 radical (unpaired) electrons. The van der Waals surface area contributed by atoms with Crippen LogP contribution in [0.15, 0.2) is 64.5 Å². The summed E-state index contributed by atoms with van der Waals surface area (Å²) < 4.78 is 5.36. The van der Waals surface area contributed by atoms with Crippen LogP contribution in [0, 0.1) is 6.92 Å². The molecule has 8 heteroatoms. The van der Waals surface area contributed by atoms with Crippen LogP contribution in [0.1, 0.15) is 23.6 Å². The maximum absolute atomic E-state index is 12.7. The molecule has 0 atom stereocenters. The highest BCUT2D eigenvalue weighted by molar-refractivity contribution is 7.13. The van der Waals surface area contributed by atoms with Gasteiger partial charge in [-0.2, -0.15) is 4.98 Å². The number of nitrogens with zero attached hydrogens (tertiary/aromatic N) is 5. The zero-order valence-electron chi connectivity index (χ0n) is 19.2. The average Bonchev–Trinajstić information content (AvgIpc) is 3.54. The molecule has 0 spiro atoms. The van der Waals surface area contributed by atoms with Crippen molar-refractivity contribution >= 4 is 17.2 Å². The SMILES string of the molecule is Cc1ccc(-c2noc(CCC(=O)N3CCN(Cc4csc(-c5ccccc5)n4)CC3)n2)cc1. The van der Waals surface area contributed by atoms with Crippen molar-refractivity contribution in [1.82, 2.24) is 24.9 Å². The van der Waals surface area contributed by atoms with E-state index in [1.54, 1.807) is 11.3 Å². The zero-order valence-corrected chi connectivity index (χ0v) is 20.0. The number of benzene rings is 2. The van der Waals surface area contributed by atoms with E-state index >= 15 is 0 Å². The van der Waals surface area contributed by atoms with Gasteiger partial charge in [0.25, 0.3) is 0 Å². The number of hydrogen-bond acceptors (Lipinski definition) is 7. The monoisotopic (exact) mass is 473 g/mol. The lowest BCUT2D eigenvalue weighted by molar-refractivity contribution is -0.133. The number of thiazole rings is 1. The Hall–Kier alpha value is -3.36. The molecule has 7 nitrogen and oxygen atoms in total. The molecule has 1 aliphatic heterocycles. The van der Waals surface area contributed by atoms with E-state index in [9.17, 15) is 4.79 Å². The summed E-state index contributed by atoms with van der Waals surface area (Å²) in [7, 11) is 0. The van der Waals surface area contributed by atoms with Crippen LogP contribution in [-0.4, -0.2) is 57.0 Å². The standard InChI is InChI=1S/C26H27N5O2S/c1-19-7-9-20(10-8-19)25-28-23(33-29-25)11-12-24(32)31-15-13-30(14-16-31)17-22-18-34-26(27-22)21-5-3-2-4-6-21/h2-10,18H,11-17H2,1H3. The smallest absolute Gasteiger partial charge is 0.227 e. The number of aryl methyl sites for hydroxylation is 2. The van der Waals surface area contributed by atoms with Gasteiger partial charge in [0.15, 0.2) is 0 Å². The number of amides is 1. The molecule has 2 aromatic heterocycles. The molecule has 1 saturated heterocycles. The van der Waals surface area contributed by atoms with Gasteiger partial charge >= 0.3 is 0 Å². The van der Waals surface area contributed by atoms with Gasteiger partial charge < -0.3 is 9.42 Å². The van der Waals surface area contributed by atoms with Crippen LogP contribution in [0.25, 0.3) is 22.0 Å². The fourth-order valence-corrected chi connectivity index (χ4v) is 4.84. The van der Waals surface area contributed by atoms with Crippen molar-refractivity contribution < 1.29 is 9.32 Å². The van der Waals surface area contributed by atoms with Gasteiger partial charge in [-0.15, -0.1) is 11.3 Å². The number of hydrogen-bond donors (Lipinski definition) is 0. The highest BCUT2D eigenvalue weighted by Crippen LogP contribution is 2.24. The van der Waals surface area contributed by atoms with Crippen molar-refractivity contribution in [1.29, 1.82) is 0 Å². The van der Waals surface area contributed by atoms with E-state index in [0.29, 0.717) is 24.6 Å². The Bertz CT molecular complexity index is 1230. The molecule has 0 N–H and O–H groups in total. The number of carbonyl (C=O) groups is 1. The lowest BCUT2D eigenvalue weighted by Gasteiger charge is -2.34. The highest BCUT2D eigenvalue weighted by Gasteiger charge is 2.22. The average molecular weight is 474 g/mol. The molecule has 1 amide bonds. The van der Waals surface area contributed by atoms with Gasteiger partial charge in [0.2, 0.25) is 17.6 Å². The summed E-state index contributed by atoms with van der Waals surface area (Å²) in [6.45, 7) is 6.01. The minimum atomic E-state index is 0.134. The summed E-state index contributed by atoms with van der Waals surface area (Å²) in [5.74, 6) is 1.20. The molecule has 1 fully saturated rings. The first-order chi connectivity index (χ1) is 16.6. The Labute approximate surface area is 203 Å². The molecular weight excluding hydrogens is 446 g/mol. The molecule has 0 saturated carbocycles. The summed E-state index contributed by atoms with van der Waals surface area (Å²) in [5, 5.41) is 7.24. The third-order valence-corrected chi connectivity index (χ3v) is 6.95. The van der Waals surface area contributed by atoms with Crippen LogP contribution in [0.4, 0.5) is 0 Å². The van der Waals surface area contributed by atoms with Gasteiger partial charge in [-0.1, -0.05) is 65.3 Å². The van der Waals surface area contributed by atoms with Crippen LogP contribution >= 0.6 is 11.3 Å². The second-order valence-corrected chi connectivity index (χ2v) is 9.40. The van der Waals surface area contributed by atoms with E-state index in [1.807, 2.05) is 54.3 Å². The molecule has 4 aromatic rings. The molecule has 2 aromatic carbocycles. The molecule has 0 unspecified atom stereocenters. The van der Waals surface area contributed by atoms with Crippen LogP contribution < -0.4 is 0 Å². The molecule has 5 rings (SSSR count). The molecule has 0 bridgehead atoms. The fourth-order valence-electron chi connectivity index (χ4n) is 4.03. The molecule has 1 aliphatic rings. The van der Waals surface area contributed by atoms with Crippen molar-refractivity contribution in [2.75, 3.05) is 26.2 Å². The summed E-state index contributed by atoms with van der Waals surface area (Å²) in [5.41, 5.74) is 4.34. The van der Waals surface area contributed by atoms with Crippen molar-refractivity contribution in [2.45, 2.75) is 26.3 Å². The number of carbonyl (C=O) groups excluding carboxylic acids is 1. The first-order valence-corrected chi connectivity index (χ1v) is 12.4. The minimum Gasteiger partial charge on any atom is -0.340 e. The third kappa shape index (κ3) is 5.40. The lowest BCUT2D eigenvalue weighted by atomic mass is 10.1. The predicted molar refractivity (Wildman–Crippen MR) is 132 cm³/mol. The summed E-state index contributed by atoms with van der Waals surface area (Å²) in [6, 6.07) is 18.3. The Morgan fingerprint density at radius 3 is 2.50 bits per heavy atom. The van der Waals surface area contributed by atoms with E-state index in [-0.39, 0.29) is 5.91 Å². The Kier molecular flexibility index (Phi) is 6.78. The van der Waals surface area contributed by atoms with Crippen LogP contribution in [-0.2, 0) is 17.8 Å². The van der Waals surface area contributed by atoms with Gasteiger partial charge in [-0.3, -0.25) is 9.69 Å². The fraction of sp³-hybridized carbons (Fsp3) is 0.308. The van der Waals surface area contributed by atoms with E-state index in [4.69, 9.17) is 9.51 Å². The molecule has 34 heavy (non-hydrogen) atoms. The Morgan fingerprint density at radius 1 is 0.971 bits per heavy atom. The quantitative estimate of drug-likeness (QED) is 0.395. The minimum absolute atomic E-state index is 0.134. The maximum atomic E-state index is 12.7. The molecular formula is C26H27N5O2S. The largest absolute Gasteiger partial charge is 0.340 e. The van der Waals surface area contributed by atoms with Crippen molar-refractivity contribution in [3.05, 3.63) is 77.1 Å². The first-order valence-electron chi connectivity index (χ1n) is 11.5. The summed E-state index contributed by atoms with van der Waals surface area (Å²) >= 11 is 1.68. The van der Waals surface area contributed by atoms with E-state index < -0.39 is 0 Å².